The standard InChI is InChI=1S/C30H25F3N2O5/c1-17(19-7-13-24(14-8-19)30(31,32)33)39-28(38)34-25-18(2)40-35-26(25)22-5-3-20(4-6-22)21-9-11-23(12-10-21)29(15-16-29)27(36)37/h3-14,17H,15-16H2,1-2H3,(H,34,38)(H,36,37). The molecule has 40 heavy (non-hydrogen) atoms. The van der Waals surface area contributed by atoms with Gasteiger partial charge in [-0.1, -0.05) is 65.8 Å². The fraction of sp³-hybridized carbons (Fsp3) is 0.233. The molecular weight excluding hydrogens is 525 g/mol. The van der Waals surface area contributed by atoms with Crippen molar-refractivity contribution in [3.05, 3.63) is 95.2 Å². The van der Waals surface area contributed by atoms with Gasteiger partial charge in [0.15, 0.2) is 5.76 Å². The number of nitrogens with one attached hydrogen (secondary N) is 1. The number of halogens is 3. The quantitative estimate of drug-likeness (QED) is 0.244. The van der Waals surface area contributed by atoms with Gasteiger partial charge in [-0.2, -0.15) is 13.2 Å². The van der Waals surface area contributed by atoms with E-state index in [0.29, 0.717) is 41.1 Å². The van der Waals surface area contributed by atoms with E-state index in [2.05, 4.69) is 10.5 Å². The number of amides is 1. The molecule has 1 fully saturated rings. The van der Waals surface area contributed by atoms with E-state index in [-0.39, 0.29) is 0 Å². The number of benzene rings is 3. The lowest BCUT2D eigenvalue weighted by molar-refractivity contribution is -0.140. The van der Waals surface area contributed by atoms with Gasteiger partial charge in [0.25, 0.3) is 0 Å². The number of carbonyl (C=O) groups is 2. The topological polar surface area (TPSA) is 102 Å². The van der Waals surface area contributed by atoms with E-state index in [4.69, 9.17) is 9.26 Å². The minimum Gasteiger partial charge on any atom is -0.481 e. The molecule has 1 aliphatic rings. The maximum atomic E-state index is 12.8. The summed E-state index contributed by atoms with van der Waals surface area (Å²) in [5.74, 6) is -0.448. The van der Waals surface area contributed by atoms with Gasteiger partial charge in [0.2, 0.25) is 0 Å². The van der Waals surface area contributed by atoms with Crippen LogP contribution in [0.4, 0.5) is 23.7 Å². The van der Waals surface area contributed by atoms with Gasteiger partial charge in [-0.25, -0.2) is 4.79 Å². The summed E-state index contributed by atoms with van der Waals surface area (Å²) in [6, 6.07) is 19.3. The highest BCUT2D eigenvalue weighted by molar-refractivity contribution is 5.91. The van der Waals surface area contributed by atoms with Crippen LogP contribution in [-0.4, -0.2) is 22.3 Å². The molecule has 1 atom stereocenters. The van der Waals surface area contributed by atoms with Crippen molar-refractivity contribution in [2.24, 2.45) is 0 Å². The van der Waals surface area contributed by atoms with E-state index in [1.165, 1.54) is 12.1 Å². The Morgan fingerprint density at radius 1 is 0.950 bits per heavy atom. The Morgan fingerprint density at radius 3 is 2.02 bits per heavy atom. The number of aromatic nitrogens is 1. The molecule has 4 aromatic rings. The number of aliphatic carboxylic acids is 1. The maximum Gasteiger partial charge on any atom is 0.416 e. The number of aryl methyl sites for hydroxylation is 1. The van der Waals surface area contributed by atoms with Gasteiger partial charge < -0.3 is 14.4 Å². The van der Waals surface area contributed by atoms with E-state index < -0.39 is 35.3 Å². The van der Waals surface area contributed by atoms with E-state index in [0.717, 1.165) is 28.8 Å². The lowest BCUT2D eigenvalue weighted by Gasteiger charge is -2.15. The van der Waals surface area contributed by atoms with Gasteiger partial charge in [0, 0.05) is 5.56 Å². The number of hydrogen-bond acceptors (Lipinski definition) is 5. The molecule has 1 aliphatic carbocycles. The predicted molar refractivity (Wildman–Crippen MR) is 141 cm³/mol. The first-order valence-electron chi connectivity index (χ1n) is 12.5. The molecule has 0 bridgehead atoms. The molecule has 5 rings (SSSR count). The smallest absolute Gasteiger partial charge is 0.416 e. The monoisotopic (exact) mass is 550 g/mol. The van der Waals surface area contributed by atoms with E-state index in [9.17, 15) is 27.9 Å². The highest BCUT2D eigenvalue weighted by Crippen LogP contribution is 2.48. The second-order valence-corrected chi connectivity index (χ2v) is 9.80. The van der Waals surface area contributed by atoms with Crippen molar-refractivity contribution in [2.75, 3.05) is 5.32 Å². The number of anilines is 1. The first-order valence-corrected chi connectivity index (χ1v) is 12.5. The molecule has 3 aromatic carbocycles. The Balaban J connectivity index is 1.27. The van der Waals surface area contributed by atoms with Crippen LogP contribution in [0, 0.1) is 6.92 Å². The van der Waals surface area contributed by atoms with Crippen LogP contribution in [0.25, 0.3) is 22.4 Å². The van der Waals surface area contributed by atoms with Crippen molar-refractivity contribution in [3.63, 3.8) is 0 Å². The molecule has 7 nitrogen and oxygen atoms in total. The second kappa shape index (κ2) is 10.2. The summed E-state index contributed by atoms with van der Waals surface area (Å²) < 4.78 is 49.1. The third-order valence-corrected chi connectivity index (χ3v) is 7.17. The van der Waals surface area contributed by atoms with Crippen LogP contribution in [0.2, 0.25) is 0 Å². The molecule has 10 heteroatoms. The molecule has 2 N–H and O–H groups in total. The lowest BCUT2D eigenvalue weighted by atomic mass is 9.93. The molecular formula is C30H25F3N2O5. The number of ether oxygens (including phenoxy) is 1. The van der Waals surface area contributed by atoms with Crippen LogP contribution >= 0.6 is 0 Å². The molecule has 1 unspecified atom stereocenters. The molecule has 0 aliphatic heterocycles. The Hall–Kier alpha value is -4.60. The molecule has 0 saturated heterocycles. The summed E-state index contributed by atoms with van der Waals surface area (Å²) in [5.41, 5.74) is 2.87. The van der Waals surface area contributed by atoms with Crippen LogP contribution in [-0.2, 0) is 21.1 Å². The highest BCUT2D eigenvalue weighted by atomic mass is 19.4. The van der Waals surface area contributed by atoms with E-state index in [1.54, 1.807) is 13.8 Å². The number of carboxylic acids is 1. The average Bonchev–Trinajstić information content (AvgIpc) is 3.68. The van der Waals surface area contributed by atoms with Crippen molar-refractivity contribution in [3.8, 4) is 22.4 Å². The van der Waals surface area contributed by atoms with Crippen molar-refractivity contribution >= 4 is 17.7 Å². The number of carboxylic acid groups (broad SMARTS) is 1. The number of rotatable bonds is 7. The van der Waals surface area contributed by atoms with Gasteiger partial charge >= 0.3 is 18.2 Å². The third-order valence-electron chi connectivity index (χ3n) is 7.17. The van der Waals surface area contributed by atoms with Crippen molar-refractivity contribution in [2.45, 2.75) is 44.4 Å². The highest BCUT2D eigenvalue weighted by Gasteiger charge is 2.51. The Labute approximate surface area is 227 Å². The summed E-state index contributed by atoms with van der Waals surface area (Å²) in [6.07, 6.45) is -4.78. The van der Waals surface area contributed by atoms with Crippen molar-refractivity contribution in [1.82, 2.24) is 5.16 Å². The fourth-order valence-electron chi connectivity index (χ4n) is 4.57. The van der Waals surface area contributed by atoms with Crippen molar-refractivity contribution in [1.29, 1.82) is 0 Å². The first-order chi connectivity index (χ1) is 19.0. The Bertz CT molecular complexity index is 1540. The molecule has 1 heterocycles. The predicted octanol–water partition coefficient (Wildman–Crippen LogP) is 7.76. The van der Waals surface area contributed by atoms with Crippen molar-refractivity contribution < 1.29 is 37.1 Å². The van der Waals surface area contributed by atoms with Crippen LogP contribution in [0.3, 0.4) is 0 Å². The zero-order valence-electron chi connectivity index (χ0n) is 21.6. The van der Waals surface area contributed by atoms with Gasteiger partial charge in [0.05, 0.1) is 11.0 Å². The van der Waals surface area contributed by atoms with Crippen LogP contribution in [0.5, 0.6) is 0 Å². The summed E-state index contributed by atoms with van der Waals surface area (Å²) in [5, 5.41) is 16.2. The number of carbonyl (C=O) groups excluding carboxylic acids is 1. The van der Waals surface area contributed by atoms with Gasteiger partial charge in [0.1, 0.15) is 17.5 Å². The zero-order valence-corrected chi connectivity index (χ0v) is 21.6. The number of nitrogens with zero attached hydrogens (tertiary/aromatic N) is 1. The fourth-order valence-corrected chi connectivity index (χ4v) is 4.57. The molecule has 0 radical (unpaired) electrons. The van der Waals surface area contributed by atoms with E-state index in [1.807, 2.05) is 48.5 Å². The molecule has 1 amide bonds. The minimum absolute atomic E-state index is 0.310. The van der Waals surface area contributed by atoms with Gasteiger partial charge in [-0.05, 0) is 61.1 Å². The summed E-state index contributed by atoms with van der Waals surface area (Å²) in [7, 11) is 0. The van der Waals surface area contributed by atoms with Crippen LogP contribution in [0.1, 0.15) is 48.3 Å². The number of alkyl halides is 3. The van der Waals surface area contributed by atoms with E-state index >= 15 is 0 Å². The second-order valence-electron chi connectivity index (χ2n) is 9.80. The third kappa shape index (κ3) is 5.29. The maximum absolute atomic E-state index is 12.8. The first kappa shape index (κ1) is 27.0. The summed E-state index contributed by atoms with van der Waals surface area (Å²) >= 11 is 0. The minimum atomic E-state index is -4.45. The molecule has 1 aromatic heterocycles. The molecule has 0 spiro atoms. The normalized spacial score (nSPS) is 14.8. The molecule has 1 saturated carbocycles. The Kier molecular flexibility index (Phi) is 6.87. The number of hydrogen-bond donors (Lipinski definition) is 2. The van der Waals surface area contributed by atoms with Crippen LogP contribution < -0.4 is 5.32 Å². The SMILES string of the molecule is Cc1onc(-c2ccc(-c3ccc(C4(C(=O)O)CC4)cc3)cc2)c1NC(=O)OC(C)c1ccc(C(F)(F)F)cc1. The largest absolute Gasteiger partial charge is 0.481 e. The summed E-state index contributed by atoms with van der Waals surface area (Å²) in [4.78, 5) is 24.2. The summed E-state index contributed by atoms with van der Waals surface area (Å²) in [6.45, 7) is 3.19. The van der Waals surface area contributed by atoms with Crippen LogP contribution in [0.15, 0.2) is 77.3 Å². The van der Waals surface area contributed by atoms with Gasteiger partial charge in [-0.15, -0.1) is 0 Å². The average molecular weight is 551 g/mol. The molecule has 206 valence electrons. The Morgan fingerprint density at radius 2 is 1.50 bits per heavy atom. The van der Waals surface area contributed by atoms with Gasteiger partial charge in [-0.3, -0.25) is 10.1 Å². The lowest BCUT2D eigenvalue weighted by Crippen LogP contribution is -2.19. The zero-order chi connectivity index (χ0) is 28.7.